The summed E-state index contributed by atoms with van der Waals surface area (Å²) in [5, 5.41) is 0. The van der Waals surface area contributed by atoms with Crippen LogP contribution in [0.5, 0.6) is 0 Å². The Balaban J connectivity index is 3.69. The molecule has 0 spiro atoms. The van der Waals surface area contributed by atoms with E-state index < -0.39 is 6.04 Å². The molecule has 0 heterocycles. The molecular weight excluding hydrogens is 192 g/mol. The highest BCUT2D eigenvalue weighted by Gasteiger charge is 2.14. The van der Waals surface area contributed by atoms with Gasteiger partial charge in [0.05, 0.1) is 6.61 Å². The topological polar surface area (TPSA) is 55.6 Å². The second-order valence-corrected chi connectivity index (χ2v) is 4.30. The number of hydrogen-bond donors (Lipinski definition) is 1. The summed E-state index contributed by atoms with van der Waals surface area (Å²) in [6, 6.07) is -0.487. The van der Waals surface area contributed by atoms with Crippen molar-refractivity contribution in [3.8, 4) is 0 Å². The zero-order chi connectivity index (χ0) is 11.8. The molecule has 15 heavy (non-hydrogen) atoms. The number of nitrogens with zero attached hydrogens (tertiary/aromatic N) is 1. The van der Waals surface area contributed by atoms with E-state index in [-0.39, 0.29) is 5.97 Å². The Labute approximate surface area is 92.8 Å². The molecule has 0 saturated heterocycles. The van der Waals surface area contributed by atoms with E-state index in [0.29, 0.717) is 18.9 Å². The predicted molar refractivity (Wildman–Crippen MR) is 61.6 cm³/mol. The molecule has 0 bridgehead atoms. The maximum Gasteiger partial charge on any atom is 0.322 e. The van der Waals surface area contributed by atoms with Gasteiger partial charge in [-0.15, -0.1) is 0 Å². The van der Waals surface area contributed by atoms with E-state index in [0.717, 1.165) is 13.1 Å². The SMILES string of the molecule is CCOC(=O)C(N)CCN(C)CC(C)C. The Morgan fingerprint density at radius 3 is 2.53 bits per heavy atom. The van der Waals surface area contributed by atoms with Crippen molar-refractivity contribution in [2.75, 3.05) is 26.7 Å². The Morgan fingerprint density at radius 2 is 2.07 bits per heavy atom. The fourth-order valence-corrected chi connectivity index (χ4v) is 1.44. The van der Waals surface area contributed by atoms with Gasteiger partial charge in [0, 0.05) is 6.54 Å². The normalized spacial score (nSPS) is 13.3. The minimum absolute atomic E-state index is 0.296. The minimum atomic E-state index is -0.487. The first-order valence-corrected chi connectivity index (χ1v) is 5.58. The number of ether oxygens (including phenoxy) is 1. The van der Waals surface area contributed by atoms with Gasteiger partial charge in [0.2, 0.25) is 0 Å². The molecule has 1 atom stereocenters. The molecule has 4 heteroatoms. The molecule has 0 rings (SSSR count). The molecule has 1 unspecified atom stereocenters. The van der Waals surface area contributed by atoms with Crippen LogP contribution in [0.15, 0.2) is 0 Å². The molecule has 0 radical (unpaired) electrons. The molecule has 0 aromatic heterocycles. The van der Waals surface area contributed by atoms with Gasteiger partial charge in [0.15, 0.2) is 0 Å². The third-order valence-corrected chi connectivity index (χ3v) is 2.09. The van der Waals surface area contributed by atoms with Crippen molar-refractivity contribution in [2.45, 2.75) is 33.2 Å². The molecule has 0 amide bonds. The second kappa shape index (κ2) is 7.65. The maximum absolute atomic E-state index is 11.2. The van der Waals surface area contributed by atoms with E-state index in [4.69, 9.17) is 10.5 Å². The van der Waals surface area contributed by atoms with E-state index in [9.17, 15) is 4.79 Å². The lowest BCUT2D eigenvalue weighted by Crippen LogP contribution is -2.36. The first kappa shape index (κ1) is 14.4. The van der Waals surface area contributed by atoms with E-state index in [1.807, 2.05) is 7.05 Å². The molecule has 0 aliphatic rings. The molecule has 90 valence electrons. The summed E-state index contributed by atoms with van der Waals surface area (Å²) in [5.74, 6) is 0.337. The fraction of sp³-hybridized carbons (Fsp3) is 0.909. The van der Waals surface area contributed by atoms with Crippen LogP contribution in [-0.4, -0.2) is 43.7 Å². The third-order valence-electron chi connectivity index (χ3n) is 2.09. The highest BCUT2D eigenvalue weighted by molar-refractivity contribution is 5.75. The van der Waals surface area contributed by atoms with Crippen molar-refractivity contribution in [1.29, 1.82) is 0 Å². The van der Waals surface area contributed by atoms with Gasteiger partial charge in [0.25, 0.3) is 0 Å². The van der Waals surface area contributed by atoms with Crippen molar-refractivity contribution in [3.05, 3.63) is 0 Å². The van der Waals surface area contributed by atoms with Gasteiger partial charge in [0.1, 0.15) is 6.04 Å². The molecule has 0 saturated carbocycles. The van der Waals surface area contributed by atoms with Gasteiger partial charge in [-0.3, -0.25) is 4.79 Å². The highest BCUT2D eigenvalue weighted by Crippen LogP contribution is 1.99. The van der Waals surface area contributed by atoms with Crippen molar-refractivity contribution in [2.24, 2.45) is 11.7 Å². The Morgan fingerprint density at radius 1 is 1.47 bits per heavy atom. The van der Waals surface area contributed by atoms with E-state index in [1.54, 1.807) is 6.92 Å². The molecule has 0 fully saturated rings. The summed E-state index contributed by atoms with van der Waals surface area (Å²) in [4.78, 5) is 13.4. The molecular formula is C11H24N2O2. The quantitative estimate of drug-likeness (QED) is 0.641. The van der Waals surface area contributed by atoms with Crippen LogP contribution in [0.1, 0.15) is 27.2 Å². The van der Waals surface area contributed by atoms with Crippen LogP contribution in [0.2, 0.25) is 0 Å². The number of carbonyl (C=O) groups is 1. The van der Waals surface area contributed by atoms with Gasteiger partial charge in [-0.1, -0.05) is 13.8 Å². The van der Waals surface area contributed by atoms with Crippen LogP contribution in [0.4, 0.5) is 0 Å². The Hall–Kier alpha value is -0.610. The lowest BCUT2D eigenvalue weighted by atomic mass is 10.2. The number of hydrogen-bond acceptors (Lipinski definition) is 4. The zero-order valence-electron chi connectivity index (χ0n) is 10.3. The van der Waals surface area contributed by atoms with E-state index in [2.05, 4.69) is 18.7 Å². The van der Waals surface area contributed by atoms with Crippen LogP contribution in [0, 0.1) is 5.92 Å². The maximum atomic E-state index is 11.2. The van der Waals surface area contributed by atoms with Gasteiger partial charge in [-0.25, -0.2) is 0 Å². The van der Waals surface area contributed by atoms with Crippen LogP contribution < -0.4 is 5.73 Å². The molecule has 4 nitrogen and oxygen atoms in total. The smallest absolute Gasteiger partial charge is 0.322 e. The summed E-state index contributed by atoms with van der Waals surface area (Å²) in [6.07, 6.45) is 0.655. The van der Waals surface area contributed by atoms with Gasteiger partial charge < -0.3 is 15.4 Å². The van der Waals surface area contributed by atoms with Gasteiger partial charge in [-0.2, -0.15) is 0 Å². The summed E-state index contributed by atoms with van der Waals surface area (Å²) in [6.45, 7) is 8.38. The monoisotopic (exact) mass is 216 g/mol. The van der Waals surface area contributed by atoms with Gasteiger partial charge in [-0.05, 0) is 32.9 Å². The third kappa shape index (κ3) is 7.33. The number of nitrogens with two attached hydrogens (primary N) is 1. The van der Waals surface area contributed by atoms with E-state index >= 15 is 0 Å². The fourth-order valence-electron chi connectivity index (χ4n) is 1.44. The lowest BCUT2D eigenvalue weighted by molar-refractivity contribution is -0.144. The summed E-state index contributed by atoms with van der Waals surface area (Å²) >= 11 is 0. The minimum Gasteiger partial charge on any atom is -0.465 e. The van der Waals surface area contributed by atoms with Crippen molar-refractivity contribution in [3.63, 3.8) is 0 Å². The average molecular weight is 216 g/mol. The Bertz CT molecular complexity index is 183. The summed E-state index contributed by atoms with van der Waals surface area (Å²) in [7, 11) is 2.04. The van der Waals surface area contributed by atoms with Crippen molar-refractivity contribution in [1.82, 2.24) is 4.90 Å². The Kier molecular flexibility index (Phi) is 7.34. The highest BCUT2D eigenvalue weighted by atomic mass is 16.5. The molecule has 0 aliphatic carbocycles. The van der Waals surface area contributed by atoms with E-state index in [1.165, 1.54) is 0 Å². The largest absolute Gasteiger partial charge is 0.465 e. The average Bonchev–Trinajstić information content (AvgIpc) is 2.13. The first-order chi connectivity index (χ1) is 6.97. The molecule has 0 aromatic rings. The number of rotatable bonds is 7. The summed E-state index contributed by atoms with van der Waals surface area (Å²) < 4.78 is 4.83. The van der Waals surface area contributed by atoms with Crippen LogP contribution in [-0.2, 0) is 9.53 Å². The molecule has 0 aliphatic heterocycles. The first-order valence-electron chi connectivity index (χ1n) is 5.58. The number of carbonyl (C=O) groups excluding carboxylic acids is 1. The standard InChI is InChI=1S/C11H24N2O2/c1-5-15-11(14)10(12)6-7-13(4)8-9(2)3/h9-10H,5-8,12H2,1-4H3. The summed E-state index contributed by atoms with van der Waals surface area (Å²) in [5.41, 5.74) is 5.68. The zero-order valence-corrected chi connectivity index (χ0v) is 10.3. The predicted octanol–water partition coefficient (Wildman–Crippen LogP) is 0.855. The van der Waals surface area contributed by atoms with Crippen molar-refractivity contribution < 1.29 is 9.53 Å². The van der Waals surface area contributed by atoms with Crippen LogP contribution in [0.25, 0.3) is 0 Å². The lowest BCUT2D eigenvalue weighted by Gasteiger charge is -2.20. The number of esters is 1. The van der Waals surface area contributed by atoms with Crippen LogP contribution >= 0.6 is 0 Å². The van der Waals surface area contributed by atoms with Crippen LogP contribution in [0.3, 0.4) is 0 Å². The molecule has 2 N–H and O–H groups in total. The van der Waals surface area contributed by atoms with Crippen molar-refractivity contribution >= 4 is 5.97 Å². The second-order valence-electron chi connectivity index (χ2n) is 4.30. The molecule has 0 aromatic carbocycles. The van der Waals surface area contributed by atoms with Gasteiger partial charge >= 0.3 is 5.97 Å².